The van der Waals surface area contributed by atoms with E-state index in [0.29, 0.717) is 10.6 Å². The molecule has 0 unspecified atom stereocenters. The fourth-order valence-electron chi connectivity index (χ4n) is 1.66. The normalized spacial score (nSPS) is 16.8. The Balaban J connectivity index is 2.46. The lowest BCUT2D eigenvalue weighted by Crippen LogP contribution is -2.22. The van der Waals surface area contributed by atoms with Crippen molar-refractivity contribution in [2.24, 2.45) is 0 Å². The van der Waals surface area contributed by atoms with Crippen molar-refractivity contribution in [2.45, 2.75) is 26.6 Å². The van der Waals surface area contributed by atoms with Crippen molar-refractivity contribution >= 4 is 23.3 Å². The van der Waals surface area contributed by atoms with Gasteiger partial charge in [0.1, 0.15) is 0 Å². The standard InChI is InChI=1S/C13H14ClNO4/c1-4-17-12(16)11-10(18-13(2,3)19-11)8-7-15-6-5-9(8)14/h5-7H,4H2,1-3H3. The zero-order valence-corrected chi connectivity index (χ0v) is 11.7. The molecule has 0 spiro atoms. The molecule has 1 aliphatic heterocycles. The van der Waals surface area contributed by atoms with Gasteiger partial charge in [0.25, 0.3) is 5.76 Å². The molecule has 1 aromatic rings. The molecule has 0 aromatic carbocycles. The lowest BCUT2D eigenvalue weighted by molar-refractivity contribution is -0.152. The topological polar surface area (TPSA) is 57.7 Å². The molecular weight excluding hydrogens is 270 g/mol. The van der Waals surface area contributed by atoms with Crippen LogP contribution in [0.3, 0.4) is 0 Å². The molecule has 102 valence electrons. The summed E-state index contributed by atoms with van der Waals surface area (Å²) in [6.45, 7) is 5.36. The van der Waals surface area contributed by atoms with Gasteiger partial charge in [-0.1, -0.05) is 11.6 Å². The van der Waals surface area contributed by atoms with Crippen LogP contribution in [0.1, 0.15) is 26.3 Å². The van der Waals surface area contributed by atoms with Gasteiger partial charge in [0.2, 0.25) is 5.79 Å². The lowest BCUT2D eigenvalue weighted by Gasteiger charge is -2.18. The van der Waals surface area contributed by atoms with Crippen LogP contribution in [0, 0.1) is 0 Å². The van der Waals surface area contributed by atoms with E-state index in [1.165, 1.54) is 6.20 Å². The predicted molar refractivity (Wildman–Crippen MR) is 69.0 cm³/mol. The highest BCUT2D eigenvalue weighted by Crippen LogP contribution is 2.38. The van der Waals surface area contributed by atoms with Gasteiger partial charge in [-0.25, -0.2) is 4.79 Å². The van der Waals surface area contributed by atoms with Crippen LogP contribution in [0.15, 0.2) is 24.2 Å². The van der Waals surface area contributed by atoms with E-state index < -0.39 is 11.8 Å². The minimum absolute atomic E-state index is 0.0155. The average Bonchev–Trinajstić information content (AvgIpc) is 2.66. The summed E-state index contributed by atoms with van der Waals surface area (Å²) in [5.41, 5.74) is 0.498. The van der Waals surface area contributed by atoms with E-state index in [0.717, 1.165) is 0 Å². The monoisotopic (exact) mass is 283 g/mol. The first-order valence-electron chi connectivity index (χ1n) is 5.84. The minimum atomic E-state index is -0.948. The third kappa shape index (κ3) is 2.81. The zero-order valence-electron chi connectivity index (χ0n) is 10.9. The van der Waals surface area contributed by atoms with Gasteiger partial charge in [-0.2, -0.15) is 0 Å². The number of halogens is 1. The summed E-state index contributed by atoms with van der Waals surface area (Å²) in [7, 11) is 0. The van der Waals surface area contributed by atoms with Gasteiger partial charge in [-0.05, 0) is 13.0 Å². The number of nitrogens with zero attached hydrogens (tertiary/aromatic N) is 1. The van der Waals surface area contributed by atoms with Crippen molar-refractivity contribution in [3.05, 3.63) is 34.8 Å². The SMILES string of the molecule is CCOC(=O)C1=C(c2cnccc2Cl)OC(C)(C)O1. The molecule has 0 atom stereocenters. The Morgan fingerprint density at radius 1 is 1.47 bits per heavy atom. The number of ether oxygens (including phenoxy) is 3. The summed E-state index contributed by atoms with van der Waals surface area (Å²) in [6.07, 6.45) is 3.07. The van der Waals surface area contributed by atoms with Crippen LogP contribution in [0.5, 0.6) is 0 Å². The largest absolute Gasteiger partial charge is 0.460 e. The Morgan fingerprint density at radius 2 is 2.21 bits per heavy atom. The zero-order chi connectivity index (χ0) is 14.0. The molecule has 0 radical (unpaired) electrons. The number of carbonyl (C=O) groups is 1. The van der Waals surface area contributed by atoms with E-state index in [1.807, 2.05) is 0 Å². The molecule has 0 saturated heterocycles. The highest BCUT2D eigenvalue weighted by Gasteiger charge is 2.39. The first kappa shape index (κ1) is 13.7. The van der Waals surface area contributed by atoms with Gasteiger partial charge in [0.05, 0.1) is 17.2 Å². The number of esters is 1. The van der Waals surface area contributed by atoms with Crippen molar-refractivity contribution < 1.29 is 19.0 Å². The number of hydrogen-bond acceptors (Lipinski definition) is 5. The van der Waals surface area contributed by atoms with E-state index in [9.17, 15) is 4.79 Å². The van der Waals surface area contributed by atoms with E-state index in [2.05, 4.69) is 4.98 Å². The number of hydrogen-bond donors (Lipinski definition) is 0. The Labute approximate surface area is 116 Å². The summed E-state index contributed by atoms with van der Waals surface area (Å²) in [5, 5.41) is 0.424. The molecule has 0 saturated carbocycles. The molecule has 0 N–H and O–H groups in total. The first-order valence-corrected chi connectivity index (χ1v) is 6.21. The second-order valence-electron chi connectivity index (χ2n) is 4.34. The first-order chi connectivity index (χ1) is 8.94. The van der Waals surface area contributed by atoms with Crippen molar-refractivity contribution in [3.63, 3.8) is 0 Å². The fourth-order valence-corrected chi connectivity index (χ4v) is 1.85. The van der Waals surface area contributed by atoms with Crippen molar-refractivity contribution in [1.82, 2.24) is 4.98 Å². The molecule has 0 aliphatic carbocycles. The van der Waals surface area contributed by atoms with Gasteiger partial charge < -0.3 is 14.2 Å². The van der Waals surface area contributed by atoms with E-state index in [4.69, 9.17) is 25.8 Å². The summed E-state index contributed by atoms with van der Waals surface area (Å²) in [4.78, 5) is 15.9. The number of carbonyl (C=O) groups excluding carboxylic acids is 1. The van der Waals surface area contributed by atoms with Gasteiger partial charge >= 0.3 is 5.97 Å². The highest BCUT2D eigenvalue weighted by atomic mass is 35.5. The smallest absolute Gasteiger partial charge is 0.377 e. The summed E-state index contributed by atoms with van der Waals surface area (Å²) >= 11 is 6.08. The van der Waals surface area contributed by atoms with Crippen molar-refractivity contribution in [3.8, 4) is 0 Å². The van der Waals surface area contributed by atoms with Gasteiger partial charge in [0, 0.05) is 26.2 Å². The van der Waals surface area contributed by atoms with Crippen LogP contribution in [-0.4, -0.2) is 23.3 Å². The quantitative estimate of drug-likeness (QED) is 0.798. The third-order valence-electron chi connectivity index (χ3n) is 2.38. The molecule has 2 heterocycles. The molecule has 2 rings (SSSR count). The molecule has 0 fully saturated rings. The fraction of sp³-hybridized carbons (Fsp3) is 0.385. The second-order valence-corrected chi connectivity index (χ2v) is 4.75. The third-order valence-corrected chi connectivity index (χ3v) is 2.70. The predicted octanol–water partition coefficient (Wildman–Crippen LogP) is 2.75. The average molecular weight is 284 g/mol. The van der Waals surface area contributed by atoms with Crippen molar-refractivity contribution in [2.75, 3.05) is 6.61 Å². The van der Waals surface area contributed by atoms with Crippen LogP contribution in [0.4, 0.5) is 0 Å². The number of aromatic nitrogens is 1. The Morgan fingerprint density at radius 3 is 2.84 bits per heavy atom. The summed E-state index contributed by atoms with van der Waals surface area (Å²) < 4.78 is 16.1. The molecule has 5 nitrogen and oxygen atoms in total. The van der Waals surface area contributed by atoms with Crippen LogP contribution < -0.4 is 0 Å². The highest BCUT2D eigenvalue weighted by molar-refractivity contribution is 6.32. The van der Waals surface area contributed by atoms with Gasteiger partial charge in [-0.15, -0.1) is 0 Å². The molecule has 0 bridgehead atoms. The minimum Gasteiger partial charge on any atom is -0.460 e. The molecule has 1 aromatic heterocycles. The maximum Gasteiger partial charge on any atom is 0.377 e. The molecular formula is C13H14ClNO4. The van der Waals surface area contributed by atoms with Crippen LogP contribution in [0.2, 0.25) is 5.02 Å². The lowest BCUT2D eigenvalue weighted by atomic mass is 10.2. The van der Waals surface area contributed by atoms with Gasteiger partial charge in [0.15, 0.2) is 5.76 Å². The molecule has 6 heteroatoms. The molecule has 0 amide bonds. The maximum absolute atomic E-state index is 11.9. The van der Waals surface area contributed by atoms with E-state index in [-0.39, 0.29) is 18.1 Å². The summed E-state index contributed by atoms with van der Waals surface area (Å²) in [5.74, 6) is -1.26. The molecule has 1 aliphatic rings. The van der Waals surface area contributed by atoms with Crippen LogP contribution >= 0.6 is 11.6 Å². The van der Waals surface area contributed by atoms with Crippen LogP contribution in [-0.2, 0) is 19.0 Å². The van der Waals surface area contributed by atoms with Crippen LogP contribution in [0.25, 0.3) is 5.76 Å². The van der Waals surface area contributed by atoms with Gasteiger partial charge in [-0.3, -0.25) is 4.98 Å². The number of rotatable bonds is 3. The van der Waals surface area contributed by atoms with Crippen molar-refractivity contribution in [1.29, 1.82) is 0 Å². The number of pyridine rings is 1. The second kappa shape index (κ2) is 5.09. The van der Waals surface area contributed by atoms with E-state index >= 15 is 0 Å². The summed E-state index contributed by atoms with van der Waals surface area (Å²) in [6, 6.07) is 1.61. The Hall–Kier alpha value is -1.75. The Bertz CT molecular complexity index is 539. The Kier molecular flexibility index (Phi) is 3.66. The molecule has 19 heavy (non-hydrogen) atoms. The van der Waals surface area contributed by atoms with E-state index in [1.54, 1.807) is 33.0 Å². The maximum atomic E-state index is 11.9.